The molecule has 0 saturated carbocycles. The van der Waals surface area contributed by atoms with Crippen molar-refractivity contribution in [2.45, 2.75) is 18.9 Å². The van der Waals surface area contributed by atoms with Crippen LogP contribution in [0.2, 0.25) is 0 Å². The molecule has 0 N–H and O–H groups in total. The van der Waals surface area contributed by atoms with E-state index in [-0.39, 0.29) is 17.4 Å². The first-order chi connectivity index (χ1) is 13.2. The molecular weight excluding hydrogens is 358 g/mol. The van der Waals surface area contributed by atoms with Gasteiger partial charge in [0.15, 0.2) is 0 Å². The van der Waals surface area contributed by atoms with Crippen LogP contribution in [0.15, 0.2) is 59.0 Å². The second-order valence-electron chi connectivity index (χ2n) is 7.31. The number of fused-ring (bicyclic) bond motifs is 4. The summed E-state index contributed by atoms with van der Waals surface area (Å²) >= 11 is 1.59. The second kappa shape index (κ2) is 6.46. The van der Waals surface area contributed by atoms with E-state index in [0.717, 1.165) is 22.6 Å². The van der Waals surface area contributed by atoms with Gasteiger partial charge in [0, 0.05) is 54.1 Å². The van der Waals surface area contributed by atoms with Crippen LogP contribution in [0.4, 0.5) is 0 Å². The molecule has 6 heteroatoms. The number of rotatable bonds is 2. The van der Waals surface area contributed by atoms with Crippen molar-refractivity contribution < 1.29 is 4.79 Å². The summed E-state index contributed by atoms with van der Waals surface area (Å²) in [6.45, 7) is 2.05. The lowest BCUT2D eigenvalue weighted by Gasteiger charge is -2.43. The Morgan fingerprint density at radius 3 is 2.70 bits per heavy atom. The summed E-state index contributed by atoms with van der Waals surface area (Å²) in [6.07, 6.45) is 4.34. The van der Waals surface area contributed by atoms with Crippen molar-refractivity contribution in [3.8, 4) is 10.4 Å². The molecule has 2 aliphatic rings. The summed E-state index contributed by atoms with van der Waals surface area (Å²) in [7, 11) is 0. The number of likely N-dealkylation sites (tertiary alicyclic amines) is 1. The summed E-state index contributed by atoms with van der Waals surface area (Å²) in [5.41, 5.74) is 2.61. The first-order valence-corrected chi connectivity index (χ1v) is 10.1. The van der Waals surface area contributed by atoms with Gasteiger partial charge in [-0.1, -0.05) is 6.07 Å². The van der Waals surface area contributed by atoms with Gasteiger partial charge in [0.1, 0.15) is 0 Å². The fraction of sp³-hybridized carbons (Fsp3) is 0.286. The van der Waals surface area contributed by atoms with E-state index in [1.807, 2.05) is 33.0 Å². The van der Waals surface area contributed by atoms with Crippen LogP contribution in [0.1, 0.15) is 28.4 Å². The molecule has 2 bridgehead atoms. The molecule has 2 atom stereocenters. The summed E-state index contributed by atoms with van der Waals surface area (Å²) in [4.78, 5) is 32.9. The summed E-state index contributed by atoms with van der Waals surface area (Å²) in [5, 5.41) is 2.00. The van der Waals surface area contributed by atoms with Crippen molar-refractivity contribution in [2.24, 2.45) is 5.92 Å². The number of pyridine rings is 2. The molecule has 5 nitrogen and oxygen atoms in total. The van der Waals surface area contributed by atoms with Crippen LogP contribution >= 0.6 is 11.3 Å². The van der Waals surface area contributed by atoms with Crippen molar-refractivity contribution in [2.75, 3.05) is 13.1 Å². The van der Waals surface area contributed by atoms with Crippen molar-refractivity contribution in [3.05, 3.63) is 75.8 Å². The Hall–Kier alpha value is -2.73. The maximum atomic E-state index is 13.1. The molecule has 136 valence electrons. The van der Waals surface area contributed by atoms with E-state index < -0.39 is 0 Å². The topological polar surface area (TPSA) is 55.2 Å². The lowest BCUT2D eigenvalue weighted by atomic mass is 9.82. The Labute approximate surface area is 160 Å². The molecule has 0 aromatic carbocycles. The molecule has 5 rings (SSSR count). The number of hydrogen-bond donors (Lipinski definition) is 0. The quantitative estimate of drug-likeness (QED) is 0.689. The average molecular weight is 377 g/mol. The molecule has 1 saturated heterocycles. The molecule has 0 spiro atoms. The van der Waals surface area contributed by atoms with Gasteiger partial charge in [-0.15, -0.1) is 11.3 Å². The highest BCUT2D eigenvalue weighted by molar-refractivity contribution is 7.13. The van der Waals surface area contributed by atoms with Crippen LogP contribution in [0.25, 0.3) is 10.4 Å². The van der Waals surface area contributed by atoms with E-state index in [1.165, 1.54) is 0 Å². The molecule has 3 aromatic rings. The third-order valence-corrected chi connectivity index (χ3v) is 6.51. The number of amides is 1. The molecule has 1 fully saturated rings. The number of carbonyl (C=O) groups is 1. The monoisotopic (exact) mass is 377 g/mol. The van der Waals surface area contributed by atoms with Gasteiger partial charge < -0.3 is 9.47 Å². The van der Waals surface area contributed by atoms with Gasteiger partial charge in [-0.25, -0.2) is 0 Å². The smallest absolute Gasteiger partial charge is 0.259 e. The maximum absolute atomic E-state index is 13.1. The highest BCUT2D eigenvalue weighted by Gasteiger charge is 2.36. The lowest BCUT2D eigenvalue weighted by Crippen LogP contribution is -2.49. The Kier molecular flexibility index (Phi) is 3.93. The van der Waals surface area contributed by atoms with E-state index in [2.05, 4.69) is 11.1 Å². The minimum Gasteiger partial charge on any atom is -0.338 e. The Morgan fingerprint density at radius 1 is 1.07 bits per heavy atom. The zero-order chi connectivity index (χ0) is 18.4. The third-order valence-electron chi connectivity index (χ3n) is 5.61. The fourth-order valence-electron chi connectivity index (χ4n) is 4.41. The predicted molar refractivity (Wildman–Crippen MR) is 105 cm³/mol. The summed E-state index contributed by atoms with van der Waals surface area (Å²) in [6, 6.07) is 11.5. The highest BCUT2D eigenvalue weighted by Crippen LogP contribution is 2.36. The first-order valence-electron chi connectivity index (χ1n) is 9.17. The van der Waals surface area contributed by atoms with Crippen LogP contribution in [0, 0.1) is 5.92 Å². The molecule has 0 radical (unpaired) electrons. The number of nitrogens with zero attached hydrogens (tertiary/aromatic N) is 3. The van der Waals surface area contributed by atoms with Gasteiger partial charge in [0.05, 0.1) is 5.56 Å². The SMILES string of the molecule is O=C(c1ccncc1)N1CC2CC(C1)c1ccc(-c3cccs3)c(=O)n1C2. The second-order valence-corrected chi connectivity index (χ2v) is 8.26. The van der Waals surface area contributed by atoms with Crippen molar-refractivity contribution in [1.82, 2.24) is 14.5 Å². The van der Waals surface area contributed by atoms with Crippen LogP contribution < -0.4 is 5.56 Å². The molecule has 2 unspecified atom stereocenters. The Balaban J connectivity index is 1.47. The zero-order valence-corrected chi connectivity index (χ0v) is 15.6. The summed E-state index contributed by atoms with van der Waals surface area (Å²) < 4.78 is 1.95. The van der Waals surface area contributed by atoms with Gasteiger partial charge in [-0.3, -0.25) is 14.6 Å². The fourth-order valence-corrected chi connectivity index (χ4v) is 5.15. The molecule has 0 aliphatic carbocycles. The maximum Gasteiger partial charge on any atom is 0.259 e. The minimum atomic E-state index is 0.0538. The largest absolute Gasteiger partial charge is 0.338 e. The number of piperidine rings is 1. The minimum absolute atomic E-state index is 0.0538. The summed E-state index contributed by atoms with van der Waals surface area (Å²) in [5.74, 6) is 0.588. The normalized spacial score (nSPS) is 21.0. The van der Waals surface area contributed by atoms with Crippen LogP contribution in [0.5, 0.6) is 0 Å². The van der Waals surface area contributed by atoms with E-state index in [1.54, 1.807) is 35.9 Å². The van der Waals surface area contributed by atoms with E-state index in [4.69, 9.17) is 0 Å². The van der Waals surface area contributed by atoms with Crippen LogP contribution in [-0.4, -0.2) is 33.4 Å². The molecular formula is C21H19N3O2S. The Bertz CT molecular complexity index is 1040. The molecule has 3 aromatic heterocycles. The predicted octanol–water partition coefficient (Wildman–Crippen LogP) is 3.23. The van der Waals surface area contributed by atoms with E-state index in [9.17, 15) is 9.59 Å². The van der Waals surface area contributed by atoms with Gasteiger partial charge in [-0.05, 0) is 48.1 Å². The van der Waals surface area contributed by atoms with Crippen LogP contribution in [-0.2, 0) is 6.54 Å². The average Bonchev–Trinajstić information content (AvgIpc) is 3.23. The number of hydrogen-bond acceptors (Lipinski definition) is 4. The molecule has 5 heterocycles. The Morgan fingerprint density at radius 2 is 1.93 bits per heavy atom. The van der Waals surface area contributed by atoms with Gasteiger partial charge in [-0.2, -0.15) is 0 Å². The van der Waals surface area contributed by atoms with E-state index >= 15 is 0 Å². The molecule has 1 amide bonds. The number of carbonyl (C=O) groups excluding carboxylic acids is 1. The van der Waals surface area contributed by atoms with Crippen molar-refractivity contribution >= 4 is 17.2 Å². The highest BCUT2D eigenvalue weighted by atomic mass is 32.1. The number of thiophene rings is 1. The zero-order valence-electron chi connectivity index (χ0n) is 14.7. The first kappa shape index (κ1) is 16.4. The van der Waals surface area contributed by atoms with Gasteiger partial charge >= 0.3 is 0 Å². The standard InChI is InChI=1S/C21H19N3O2S/c25-20(15-5-7-22-8-6-15)23-11-14-10-16(13-23)18-4-3-17(19-2-1-9-27-19)21(26)24(18)12-14/h1-9,14,16H,10-13H2. The molecule has 27 heavy (non-hydrogen) atoms. The molecule has 2 aliphatic heterocycles. The van der Waals surface area contributed by atoms with E-state index in [0.29, 0.717) is 31.1 Å². The van der Waals surface area contributed by atoms with Crippen molar-refractivity contribution in [1.29, 1.82) is 0 Å². The van der Waals surface area contributed by atoms with Crippen molar-refractivity contribution in [3.63, 3.8) is 0 Å². The number of aromatic nitrogens is 2. The van der Waals surface area contributed by atoms with Gasteiger partial charge in [0.25, 0.3) is 11.5 Å². The lowest BCUT2D eigenvalue weighted by molar-refractivity contribution is 0.0594. The van der Waals surface area contributed by atoms with Gasteiger partial charge in [0.2, 0.25) is 0 Å². The third kappa shape index (κ3) is 2.80. The van der Waals surface area contributed by atoms with Crippen LogP contribution in [0.3, 0.4) is 0 Å².